The molecule has 0 radical (unpaired) electrons. The number of allylic oxidation sites excluding steroid dienone is 3. The van der Waals surface area contributed by atoms with Crippen LogP contribution in [0.3, 0.4) is 0 Å². The van der Waals surface area contributed by atoms with Gasteiger partial charge in [-0.1, -0.05) is 115 Å². The van der Waals surface area contributed by atoms with Gasteiger partial charge < -0.3 is 14.0 Å². The fraction of sp³-hybridized carbons (Fsp3) is 0.0816. The molecular weight excluding hydrogens is 677 g/mol. The smallest absolute Gasteiger partial charge is 0.187 e. The molecule has 0 amide bonds. The van der Waals surface area contributed by atoms with Gasteiger partial charge in [-0.2, -0.15) is 0 Å². The first-order chi connectivity index (χ1) is 27.2. The fourth-order valence-corrected chi connectivity index (χ4v) is 8.11. The molecule has 1 aliphatic heterocycles. The molecule has 2 aliphatic carbocycles. The second-order valence-corrected chi connectivity index (χ2v) is 14.2. The van der Waals surface area contributed by atoms with Crippen molar-refractivity contribution in [3.8, 4) is 62.5 Å². The first-order valence-electron chi connectivity index (χ1n) is 18.8. The minimum absolute atomic E-state index is 0.153. The lowest BCUT2D eigenvalue weighted by atomic mass is 9.95. The number of hydrogen-bond donors (Lipinski definition) is 0. The van der Waals surface area contributed by atoms with Crippen molar-refractivity contribution in [3.63, 3.8) is 0 Å². The van der Waals surface area contributed by atoms with Crippen LogP contribution in [0.1, 0.15) is 24.0 Å². The van der Waals surface area contributed by atoms with Gasteiger partial charge in [0.15, 0.2) is 35.1 Å². The van der Waals surface area contributed by atoms with Crippen molar-refractivity contribution >= 4 is 27.9 Å². The lowest BCUT2D eigenvalue weighted by Crippen LogP contribution is -2.28. The van der Waals surface area contributed by atoms with Crippen molar-refractivity contribution in [1.82, 2.24) is 19.5 Å². The van der Waals surface area contributed by atoms with Crippen LogP contribution in [-0.4, -0.2) is 25.6 Å². The molecule has 0 saturated heterocycles. The van der Waals surface area contributed by atoms with E-state index in [0.29, 0.717) is 17.5 Å². The highest BCUT2D eigenvalue weighted by molar-refractivity contribution is 6.13. The summed E-state index contributed by atoms with van der Waals surface area (Å²) < 4.78 is 15.7. The first-order valence-corrected chi connectivity index (χ1v) is 18.8. The predicted octanol–water partition coefficient (Wildman–Crippen LogP) is 11.6. The van der Waals surface area contributed by atoms with E-state index in [9.17, 15) is 0 Å². The number of aryl methyl sites for hydroxylation is 1. The maximum Gasteiger partial charge on any atom is 0.187 e. The Morgan fingerprint density at radius 3 is 2.07 bits per heavy atom. The Kier molecular flexibility index (Phi) is 7.33. The van der Waals surface area contributed by atoms with Gasteiger partial charge in [0.25, 0.3) is 0 Å². The lowest BCUT2D eigenvalue weighted by Gasteiger charge is -2.30. The summed E-state index contributed by atoms with van der Waals surface area (Å²) in [7, 11) is 0. The highest BCUT2D eigenvalue weighted by atomic mass is 16.6. The van der Waals surface area contributed by atoms with E-state index in [1.807, 2.05) is 72.8 Å². The Morgan fingerprint density at radius 2 is 1.29 bits per heavy atom. The molecule has 0 fully saturated rings. The van der Waals surface area contributed by atoms with Gasteiger partial charge >= 0.3 is 0 Å². The van der Waals surface area contributed by atoms with E-state index in [-0.39, 0.29) is 6.10 Å². The molecule has 3 heterocycles. The number of hydrogen-bond acceptors (Lipinski definition) is 5. The van der Waals surface area contributed by atoms with Gasteiger partial charge in [0.1, 0.15) is 11.3 Å². The normalized spacial score (nSPS) is 15.5. The average Bonchev–Trinajstić information content (AvgIpc) is 3.59. The predicted molar refractivity (Wildman–Crippen MR) is 220 cm³/mol. The zero-order chi connectivity index (χ0) is 36.3. The van der Waals surface area contributed by atoms with E-state index in [4.69, 9.17) is 24.4 Å². The van der Waals surface area contributed by atoms with Crippen LogP contribution in [0.15, 0.2) is 164 Å². The van der Waals surface area contributed by atoms with Crippen molar-refractivity contribution in [2.24, 2.45) is 0 Å². The van der Waals surface area contributed by atoms with E-state index < -0.39 is 0 Å². The van der Waals surface area contributed by atoms with E-state index >= 15 is 0 Å². The van der Waals surface area contributed by atoms with Crippen LogP contribution in [0.5, 0.6) is 11.5 Å². The van der Waals surface area contributed by atoms with Gasteiger partial charge in [0.2, 0.25) is 0 Å². The van der Waals surface area contributed by atoms with Gasteiger partial charge in [-0.25, -0.2) is 15.0 Å². The molecule has 11 rings (SSSR count). The molecule has 1 unspecified atom stereocenters. The first kappa shape index (κ1) is 31.5. The Labute approximate surface area is 318 Å². The second-order valence-electron chi connectivity index (χ2n) is 14.2. The molecule has 2 aromatic heterocycles. The van der Waals surface area contributed by atoms with E-state index in [1.54, 1.807) is 0 Å². The number of nitrogens with zero attached hydrogens (tertiary/aromatic N) is 4. The number of ether oxygens (including phenoxy) is 2. The molecule has 6 nitrogen and oxygen atoms in total. The van der Waals surface area contributed by atoms with Crippen LogP contribution in [0, 0.1) is 0 Å². The minimum atomic E-state index is -0.153. The quantitative estimate of drug-likeness (QED) is 0.178. The van der Waals surface area contributed by atoms with Gasteiger partial charge in [0.05, 0.1) is 5.52 Å². The van der Waals surface area contributed by atoms with E-state index in [2.05, 4.69) is 95.6 Å². The lowest BCUT2D eigenvalue weighted by molar-refractivity contribution is 0.149. The Bertz CT molecular complexity index is 2850. The number of aromatic nitrogens is 4. The second kappa shape index (κ2) is 12.8. The average molecular weight is 711 g/mol. The Balaban J connectivity index is 1.07. The number of benzene rings is 6. The fourth-order valence-electron chi connectivity index (χ4n) is 8.11. The molecule has 3 aliphatic rings. The van der Waals surface area contributed by atoms with Gasteiger partial charge in [0, 0.05) is 39.6 Å². The molecule has 55 heavy (non-hydrogen) atoms. The third-order valence-corrected chi connectivity index (χ3v) is 10.8. The summed E-state index contributed by atoms with van der Waals surface area (Å²) in [6.07, 6.45) is 13.4. The topological polar surface area (TPSA) is 62.1 Å². The molecule has 262 valence electrons. The summed E-state index contributed by atoms with van der Waals surface area (Å²) in [5, 5.41) is 2.34. The zero-order valence-corrected chi connectivity index (χ0v) is 29.9. The van der Waals surface area contributed by atoms with E-state index in [1.165, 1.54) is 16.5 Å². The molecular formula is C49H34N4O2. The molecule has 0 N–H and O–H groups in total. The zero-order valence-electron chi connectivity index (χ0n) is 29.9. The summed E-state index contributed by atoms with van der Waals surface area (Å²) >= 11 is 0. The summed E-state index contributed by atoms with van der Waals surface area (Å²) in [6.45, 7) is 0. The molecule has 6 aromatic carbocycles. The third-order valence-electron chi connectivity index (χ3n) is 10.8. The molecule has 1 atom stereocenters. The van der Waals surface area contributed by atoms with Crippen molar-refractivity contribution in [2.75, 3.05) is 0 Å². The van der Waals surface area contributed by atoms with Crippen molar-refractivity contribution in [3.05, 3.63) is 175 Å². The van der Waals surface area contributed by atoms with Crippen LogP contribution < -0.4 is 9.47 Å². The molecule has 0 bridgehead atoms. The summed E-state index contributed by atoms with van der Waals surface area (Å²) in [5.74, 6) is 4.28. The highest BCUT2D eigenvalue weighted by Gasteiger charge is 2.31. The van der Waals surface area contributed by atoms with Crippen molar-refractivity contribution < 1.29 is 9.47 Å². The van der Waals surface area contributed by atoms with Gasteiger partial charge in [-0.15, -0.1) is 0 Å². The largest absolute Gasteiger partial charge is 0.476 e. The summed E-state index contributed by atoms with van der Waals surface area (Å²) in [5.41, 5.74) is 10.8. The van der Waals surface area contributed by atoms with Crippen LogP contribution in [0.4, 0.5) is 0 Å². The van der Waals surface area contributed by atoms with Crippen LogP contribution in [0.2, 0.25) is 0 Å². The SMILES string of the molecule is C1=CCC2Oc3c(ccc4c5cc6c(cc5n(-c5cccc(-c7cccc(-c8nc(-c9ccccc9)nc(-c9ccccc9)n8)c7)c5)c34)CCC=C6)OC2=C1. The summed E-state index contributed by atoms with van der Waals surface area (Å²) in [6, 6.07) is 46.4. The van der Waals surface area contributed by atoms with Gasteiger partial charge in [-0.3, -0.25) is 0 Å². The highest BCUT2D eigenvalue weighted by Crippen LogP contribution is 2.47. The van der Waals surface area contributed by atoms with Gasteiger partial charge in [-0.05, 0) is 83.6 Å². The Hall–Kier alpha value is -7.05. The molecule has 8 aromatic rings. The molecule has 6 heteroatoms. The minimum Gasteiger partial charge on any atom is -0.476 e. The standard InChI is InChI=1S/C49H34N4O2/c1-3-13-31(14-4-1)47-50-48(32-15-5-2-6-16-32)52-49(51-47)37-21-11-19-33(27-37)34-20-12-22-38(28-34)53-41-30-36-18-8-7-17-35(36)29-40(41)39-25-26-44-46(45(39)53)55-43-24-10-9-23-42(43)54-44/h1-7,9-17,19-23,25-30,43H,8,18,24H2. The van der Waals surface area contributed by atoms with E-state index in [0.717, 1.165) is 86.4 Å². The number of fused-ring (bicyclic) bond motifs is 7. The third kappa shape index (κ3) is 5.45. The number of rotatable bonds is 5. The molecule has 0 spiro atoms. The molecule has 0 saturated carbocycles. The van der Waals surface area contributed by atoms with Crippen molar-refractivity contribution in [2.45, 2.75) is 25.4 Å². The van der Waals surface area contributed by atoms with Crippen LogP contribution in [0.25, 0.3) is 78.9 Å². The monoisotopic (exact) mass is 710 g/mol. The van der Waals surface area contributed by atoms with Crippen LogP contribution >= 0.6 is 0 Å². The Morgan fingerprint density at radius 1 is 0.600 bits per heavy atom. The van der Waals surface area contributed by atoms with Crippen molar-refractivity contribution in [1.29, 1.82) is 0 Å². The van der Waals surface area contributed by atoms with Crippen LogP contribution in [-0.2, 0) is 6.42 Å². The maximum absolute atomic E-state index is 6.83. The summed E-state index contributed by atoms with van der Waals surface area (Å²) in [4.78, 5) is 14.9. The maximum atomic E-state index is 6.83.